The van der Waals surface area contributed by atoms with Crippen LogP contribution in [0.3, 0.4) is 0 Å². The van der Waals surface area contributed by atoms with Crippen LogP contribution < -0.4 is 10.6 Å². The summed E-state index contributed by atoms with van der Waals surface area (Å²) in [5.74, 6) is 0.491. The van der Waals surface area contributed by atoms with Crippen molar-refractivity contribution in [1.82, 2.24) is 15.3 Å². The minimum absolute atomic E-state index is 0.0809. The minimum atomic E-state index is -0.0809. The summed E-state index contributed by atoms with van der Waals surface area (Å²) < 4.78 is 0. The maximum absolute atomic E-state index is 11.7. The molecule has 0 spiro atoms. The van der Waals surface area contributed by atoms with E-state index in [1.807, 2.05) is 0 Å². The molecule has 1 aliphatic rings. The number of carbonyl (C=O) groups is 1. The molecule has 0 aliphatic heterocycles. The summed E-state index contributed by atoms with van der Waals surface area (Å²) in [7, 11) is 0. The van der Waals surface area contributed by atoms with Gasteiger partial charge in [0.2, 0.25) is 5.95 Å². The van der Waals surface area contributed by atoms with E-state index in [2.05, 4.69) is 34.4 Å². The second-order valence-corrected chi connectivity index (χ2v) is 4.50. The normalized spacial score (nSPS) is 16.4. The highest BCUT2D eigenvalue weighted by Crippen LogP contribution is 2.19. The van der Waals surface area contributed by atoms with Crippen molar-refractivity contribution in [3.63, 3.8) is 0 Å². The Hall–Kier alpha value is -1.65. The Morgan fingerprint density at radius 1 is 1.47 bits per heavy atom. The summed E-state index contributed by atoms with van der Waals surface area (Å²) in [6.07, 6.45) is 6.30. The van der Waals surface area contributed by atoms with Crippen molar-refractivity contribution >= 4 is 11.9 Å². The van der Waals surface area contributed by atoms with E-state index >= 15 is 0 Å². The average Bonchev–Trinajstić information content (AvgIpc) is 3.13. The van der Waals surface area contributed by atoms with Gasteiger partial charge in [-0.3, -0.25) is 4.79 Å². The number of rotatable bonds is 5. The van der Waals surface area contributed by atoms with Crippen LogP contribution in [0.4, 0.5) is 5.95 Å². The Bertz CT molecular complexity index is 386. The van der Waals surface area contributed by atoms with Crippen molar-refractivity contribution < 1.29 is 4.79 Å². The van der Waals surface area contributed by atoms with Crippen LogP contribution in [0.1, 0.15) is 43.5 Å². The third-order valence-electron chi connectivity index (χ3n) is 2.81. The number of anilines is 1. The molecular formula is C12H18N4O. The first-order chi connectivity index (χ1) is 8.19. The van der Waals surface area contributed by atoms with Gasteiger partial charge >= 0.3 is 0 Å². The Morgan fingerprint density at radius 3 is 2.65 bits per heavy atom. The van der Waals surface area contributed by atoms with E-state index in [-0.39, 0.29) is 5.91 Å². The topological polar surface area (TPSA) is 66.9 Å². The Labute approximate surface area is 101 Å². The van der Waals surface area contributed by atoms with Crippen LogP contribution in [0, 0.1) is 0 Å². The standard InChI is InChI=1S/C12H18N4O/c1-3-8(2)15-12-13-6-9(7-14-12)11(17)16-10-4-5-10/h6-8,10H,3-5H2,1-2H3,(H,16,17)(H,13,14,15). The highest BCUT2D eigenvalue weighted by molar-refractivity contribution is 5.94. The van der Waals surface area contributed by atoms with Gasteiger partial charge < -0.3 is 10.6 Å². The molecule has 0 saturated heterocycles. The second kappa shape index (κ2) is 5.12. The van der Waals surface area contributed by atoms with Gasteiger partial charge in [-0.15, -0.1) is 0 Å². The van der Waals surface area contributed by atoms with E-state index in [1.165, 1.54) is 0 Å². The highest BCUT2D eigenvalue weighted by atomic mass is 16.1. The van der Waals surface area contributed by atoms with Crippen molar-refractivity contribution in [1.29, 1.82) is 0 Å². The van der Waals surface area contributed by atoms with Crippen molar-refractivity contribution in [2.75, 3.05) is 5.32 Å². The zero-order chi connectivity index (χ0) is 12.3. The van der Waals surface area contributed by atoms with Gasteiger partial charge in [-0.05, 0) is 26.2 Å². The molecule has 2 rings (SSSR count). The zero-order valence-corrected chi connectivity index (χ0v) is 10.2. The Kier molecular flexibility index (Phi) is 3.56. The first kappa shape index (κ1) is 11.8. The number of nitrogens with zero attached hydrogens (tertiary/aromatic N) is 2. The lowest BCUT2D eigenvalue weighted by Gasteiger charge is -2.10. The van der Waals surface area contributed by atoms with E-state index < -0.39 is 0 Å². The van der Waals surface area contributed by atoms with E-state index in [9.17, 15) is 4.79 Å². The SMILES string of the molecule is CCC(C)Nc1ncc(C(=O)NC2CC2)cn1. The summed E-state index contributed by atoms with van der Waals surface area (Å²) in [6.45, 7) is 4.16. The highest BCUT2D eigenvalue weighted by Gasteiger charge is 2.23. The molecule has 17 heavy (non-hydrogen) atoms. The van der Waals surface area contributed by atoms with Crippen LogP contribution in [0.15, 0.2) is 12.4 Å². The predicted octanol–water partition coefficient (Wildman–Crippen LogP) is 1.58. The van der Waals surface area contributed by atoms with Crippen LogP contribution >= 0.6 is 0 Å². The number of aromatic nitrogens is 2. The van der Waals surface area contributed by atoms with E-state index in [4.69, 9.17) is 0 Å². The van der Waals surface area contributed by atoms with Crippen LogP contribution in [0.5, 0.6) is 0 Å². The first-order valence-electron chi connectivity index (χ1n) is 6.08. The van der Waals surface area contributed by atoms with Gasteiger partial charge in [0.15, 0.2) is 0 Å². The molecule has 5 heteroatoms. The summed E-state index contributed by atoms with van der Waals surface area (Å²) in [6, 6.07) is 0.696. The number of nitrogens with one attached hydrogen (secondary N) is 2. The molecule has 1 fully saturated rings. The largest absolute Gasteiger partial charge is 0.352 e. The lowest BCUT2D eigenvalue weighted by molar-refractivity contribution is 0.0950. The molecule has 92 valence electrons. The molecule has 0 bridgehead atoms. The molecule has 0 radical (unpaired) electrons. The fourth-order valence-electron chi connectivity index (χ4n) is 1.34. The number of hydrogen-bond acceptors (Lipinski definition) is 4. The molecule has 1 aromatic rings. The molecule has 1 unspecified atom stereocenters. The number of hydrogen-bond donors (Lipinski definition) is 2. The van der Waals surface area contributed by atoms with Crippen molar-refractivity contribution in [3.8, 4) is 0 Å². The monoisotopic (exact) mass is 234 g/mol. The summed E-state index contributed by atoms with van der Waals surface area (Å²) >= 11 is 0. The van der Waals surface area contributed by atoms with E-state index in [0.29, 0.717) is 23.6 Å². The van der Waals surface area contributed by atoms with Gasteiger partial charge in [0.05, 0.1) is 5.56 Å². The molecule has 2 N–H and O–H groups in total. The molecule has 1 aromatic heterocycles. The van der Waals surface area contributed by atoms with Crippen molar-refractivity contribution in [3.05, 3.63) is 18.0 Å². The Balaban J connectivity index is 1.94. The predicted molar refractivity (Wildman–Crippen MR) is 65.9 cm³/mol. The molecule has 1 atom stereocenters. The quantitative estimate of drug-likeness (QED) is 0.811. The van der Waals surface area contributed by atoms with Gasteiger partial charge in [-0.25, -0.2) is 9.97 Å². The minimum Gasteiger partial charge on any atom is -0.352 e. The van der Waals surface area contributed by atoms with Gasteiger partial charge in [-0.1, -0.05) is 6.92 Å². The average molecular weight is 234 g/mol. The molecule has 1 saturated carbocycles. The number of amides is 1. The van der Waals surface area contributed by atoms with Gasteiger partial charge in [0.1, 0.15) is 0 Å². The maximum atomic E-state index is 11.7. The lowest BCUT2D eigenvalue weighted by Crippen LogP contribution is -2.25. The molecule has 0 aromatic carbocycles. The fourth-order valence-corrected chi connectivity index (χ4v) is 1.34. The lowest BCUT2D eigenvalue weighted by atomic mass is 10.3. The third-order valence-corrected chi connectivity index (χ3v) is 2.81. The molecular weight excluding hydrogens is 216 g/mol. The van der Waals surface area contributed by atoms with Gasteiger partial charge in [0.25, 0.3) is 5.91 Å². The van der Waals surface area contributed by atoms with E-state index in [1.54, 1.807) is 12.4 Å². The smallest absolute Gasteiger partial charge is 0.254 e. The first-order valence-corrected chi connectivity index (χ1v) is 6.08. The van der Waals surface area contributed by atoms with Gasteiger partial charge in [0, 0.05) is 24.5 Å². The van der Waals surface area contributed by atoms with Gasteiger partial charge in [-0.2, -0.15) is 0 Å². The fraction of sp³-hybridized carbons (Fsp3) is 0.583. The van der Waals surface area contributed by atoms with Crippen LogP contribution in [-0.4, -0.2) is 28.0 Å². The second-order valence-electron chi connectivity index (χ2n) is 4.50. The Morgan fingerprint density at radius 2 is 2.12 bits per heavy atom. The maximum Gasteiger partial charge on any atom is 0.254 e. The summed E-state index contributed by atoms with van der Waals surface area (Å²) in [4.78, 5) is 19.9. The van der Waals surface area contributed by atoms with Crippen LogP contribution in [0.2, 0.25) is 0 Å². The number of carbonyl (C=O) groups excluding carboxylic acids is 1. The molecule has 1 heterocycles. The summed E-state index contributed by atoms with van der Waals surface area (Å²) in [5, 5.41) is 6.06. The molecule has 1 amide bonds. The van der Waals surface area contributed by atoms with E-state index in [0.717, 1.165) is 19.3 Å². The molecule has 5 nitrogen and oxygen atoms in total. The third kappa shape index (κ3) is 3.41. The zero-order valence-electron chi connectivity index (χ0n) is 10.2. The summed E-state index contributed by atoms with van der Waals surface area (Å²) in [5.41, 5.74) is 0.520. The molecule has 1 aliphatic carbocycles. The van der Waals surface area contributed by atoms with Crippen molar-refractivity contribution in [2.24, 2.45) is 0 Å². The van der Waals surface area contributed by atoms with Crippen LogP contribution in [0.25, 0.3) is 0 Å². The van der Waals surface area contributed by atoms with Crippen molar-refractivity contribution in [2.45, 2.75) is 45.2 Å². The van der Waals surface area contributed by atoms with Crippen LogP contribution in [-0.2, 0) is 0 Å².